The second kappa shape index (κ2) is 5.84. The lowest BCUT2D eigenvalue weighted by Gasteiger charge is -2.24. The highest BCUT2D eigenvalue weighted by Crippen LogP contribution is 2.29. The molecule has 0 radical (unpaired) electrons. The van der Waals surface area contributed by atoms with Crippen LogP contribution in [-0.4, -0.2) is 6.17 Å². The number of halogens is 1. The average molecular weight is 228 g/mol. The van der Waals surface area contributed by atoms with Crippen LogP contribution >= 0.6 is 0 Å². The summed E-state index contributed by atoms with van der Waals surface area (Å²) in [5.74, 6) is 0.684. The van der Waals surface area contributed by atoms with Crippen molar-refractivity contribution in [2.45, 2.75) is 67.5 Å². The zero-order valence-corrected chi connectivity index (χ0v) is 12.1. The summed E-state index contributed by atoms with van der Waals surface area (Å²) >= 11 is 0. The highest BCUT2D eigenvalue weighted by molar-refractivity contribution is 4.97. The normalized spacial score (nSPS) is 16.1. The third kappa shape index (κ3) is 7.03. The van der Waals surface area contributed by atoms with E-state index in [0.717, 1.165) is 6.42 Å². The Morgan fingerprint density at radius 2 is 1.56 bits per heavy atom. The van der Waals surface area contributed by atoms with Crippen molar-refractivity contribution in [1.29, 1.82) is 0 Å². The van der Waals surface area contributed by atoms with E-state index < -0.39 is 6.17 Å². The molecule has 0 aromatic carbocycles. The van der Waals surface area contributed by atoms with Crippen LogP contribution < -0.4 is 0 Å². The zero-order valence-electron chi connectivity index (χ0n) is 12.1. The monoisotopic (exact) mass is 228 g/mol. The van der Waals surface area contributed by atoms with Crippen LogP contribution in [0.3, 0.4) is 0 Å². The summed E-state index contributed by atoms with van der Waals surface area (Å²) in [6.45, 7) is 14.7. The highest BCUT2D eigenvalue weighted by atomic mass is 19.1. The minimum absolute atomic E-state index is 0.186. The summed E-state index contributed by atoms with van der Waals surface area (Å²) in [4.78, 5) is 0. The van der Waals surface area contributed by atoms with Crippen LogP contribution in [0.5, 0.6) is 0 Å². The Bertz CT molecular complexity index is 218. The van der Waals surface area contributed by atoms with E-state index in [0.29, 0.717) is 12.3 Å². The molecule has 0 rings (SSSR count). The summed E-state index contributed by atoms with van der Waals surface area (Å²) in [5, 5.41) is 0. The summed E-state index contributed by atoms with van der Waals surface area (Å²) < 4.78 is 13.7. The molecule has 0 N–H and O–H groups in total. The van der Waals surface area contributed by atoms with Gasteiger partial charge in [0.15, 0.2) is 0 Å². The van der Waals surface area contributed by atoms with Crippen LogP contribution in [0, 0.1) is 16.7 Å². The molecule has 96 valence electrons. The summed E-state index contributed by atoms with van der Waals surface area (Å²) in [5.41, 5.74) is -0.0572. The van der Waals surface area contributed by atoms with E-state index in [2.05, 4.69) is 33.8 Å². The Morgan fingerprint density at radius 3 is 1.94 bits per heavy atom. The van der Waals surface area contributed by atoms with Crippen LogP contribution in [0.4, 0.5) is 4.39 Å². The molecule has 0 aliphatic heterocycles. The summed E-state index contributed by atoms with van der Waals surface area (Å²) in [6.07, 6.45) is 5.11. The van der Waals surface area contributed by atoms with E-state index >= 15 is 0 Å². The predicted molar refractivity (Wildman–Crippen MR) is 71.3 cm³/mol. The second-order valence-electron chi connectivity index (χ2n) is 7.06. The van der Waals surface area contributed by atoms with Crippen molar-refractivity contribution >= 4 is 0 Å². The molecule has 0 bridgehead atoms. The first kappa shape index (κ1) is 15.7. The third-order valence-electron chi connectivity index (χ3n) is 2.79. The van der Waals surface area contributed by atoms with Crippen molar-refractivity contribution in [3.8, 4) is 0 Å². The van der Waals surface area contributed by atoms with E-state index in [1.807, 2.05) is 26.8 Å². The van der Waals surface area contributed by atoms with E-state index in [-0.39, 0.29) is 10.8 Å². The van der Waals surface area contributed by atoms with Crippen LogP contribution in [0.25, 0.3) is 0 Å². The van der Waals surface area contributed by atoms with Crippen molar-refractivity contribution in [2.75, 3.05) is 0 Å². The van der Waals surface area contributed by atoms with Gasteiger partial charge >= 0.3 is 0 Å². The van der Waals surface area contributed by atoms with Gasteiger partial charge in [-0.2, -0.15) is 0 Å². The van der Waals surface area contributed by atoms with Gasteiger partial charge in [0.25, 0.3) is 0 Å². The van der Waals surface area contributed by atoms with E-state index in [1.54, 1.807) is 0 Å². The summed E-state index contributed by atoms with van der Waals surface area (Å²) in [7, 11) is 0. The fraction of sp³-hybridized carbons (Fsp3) is 0.867. The van der Waals surface area contributed by atoms with Crippen molar-refractivity contribution in [3.63, 3.8) is 0 Å². The Hall–Kier alpha value is -0.330. The fourth-order valence-corrected chi connectivity index (χ4v) is 1.98. The molecule has 0 spiro atoms. The van der Waals surface area contributed by atoms with E-state index in [1.165, 1.54) is 0 Å². The molecule has 0 aliphatic rings. The highest BCUT2D eigenvalue weighted by Gasteiger charge is 2.23. The Labute approximate surface area is 101 Å². The third-order valence-corrected chi connectivity index (χ3v) is 2.79. The van der Waals surface area contributed by atoms with Gasteiger partial charge < -0.3 is 0 Å². The Balaban J connectivity index is 4.19. The van der Waals surface area contributed by atoms with Crippen LogP contribution in [0.15, 0.2) is 12.2 Å². The lowest BCUT2D eigenvalue weighted by Crippen LogP contribution is -2.21. The first-order chi connectivity index (χ1) is 7.04. The maximum absolute atomic E-state index is 13.7. The number of rotatable bonds is 5. The van der Waals surface area contributed by atoms with E-state index in [9.17, 15) is 4.39 Å². The lowest BCUT2D eigenvalue weighted by atomic mass is 9.82. The zero-order chi connectivity index (χ0) is 13.0. The minimum Gasteiger partial charge on any atom is -0.247 e. The minimum atomic E-state index is -0.751. The Kier molecular flexibility index (Phi) is 5.72. The molecule has 16 heavy (non-hydrogen) atoms. The largest absolute Gasteiger partial charge is 0.247 e. The number of hydrogen-bond acceptors (Lipinski definition) is 0. The topological polar surface area (TPSA) is 0 Å². The summed E-state index contributed by atoms with van der Waals surface area (Å²) in [6, 6.07) is 0. The van der Waals surface area contributed by atoms with Crippen molar-refractivity contribution in [2.24, 2.45) is 16.7 Å². The SMILES string of the molecule is CC(C)CC(C)(C)/C=C\CC(F)C(C)(C)C. The molecular weight excluding hydrogens is 199 g/mol. The molecule has 0 saturated heterocycles. The maximum Gasteiger partial charge on any atom is 0.108 e. The van der Waals surface area contributed by atoms with Crippen LogP contribution in [-0.2, 0) is 0 Å². The molecule has 1 heteroatoms. The molecule has 0 aromatic rings. The lowest BCUT2D eigenvalue weighted by molar-refractivity contribution is 0.165. The van der Waals surface area contributed by atoms with Gasteiger partial charge in [-0.25, -0.2) is 4.39 Å². The average Bonchev–Trinajstić information content (AvgIpc) is 1.98. The molecule has 0 nitrogen and oxygen atoms in total. The number of alkyl halides is 1. The van der Waals surface area contributed by atoms with Crippen molar-refractivity contribution < 1.29 is 4.39 Å². The van der Waals surface area contributed by atoms with Crippen LogP contribution in [0.1, 0.15) is 61.3 Å². The molecule has 0 aromatic heterocycles. The van der Waals surface area contributed by atoms with Gasteiger partial charge in [0, 0.05) is 0 Å². The van der Waals surface area contributed by atoms with Gasteiger partial charge in [0.2, 0.25) is 0 Å². The number of hydrogen-bond donors (Lipinski definition) is 0. The molecule has 0 aliphatic carbocycles. The van der Waals surface area contributed by atoms with Crippen LogP contribution in [0.2, 0.25) is 0 Å². The molecule has 0 saturated carbocycles. The van der Waals surface area contributed by atoms with Gasteiger partial charge in [-0.05, 0) is 29.6 Å². The van der Waals surface area contributed by atoms with Gasteiger partial charge in [0.05, 0.1) is 0 Å². The standard InChI is InChI=1S/C15H29F/c1-12(2)11-15(6,7)10-8-9-13(16)14(3,4)5/h8,10,12-13H,9,11H2,1-7H3/b10-8-. The predicted octanol–water partition coefficient (Wildman–Crippen LogP) is 5.39. The Morgan fingerprint density at radius 1 is 1.06 bits per heavy atom. The quantitative estimate of drug-likeness (QED) is 0.553. The van der Waals surface area contributed by atoms with Gasteiger partial charge in [-0.3, -0.25) is 0 Å². The first-order valence-corrected chi connectivity index (χ1v) is 6.36. The number of allylic oxidation sites excluding steroid dienone is 2. The molecule has 1 atom stereocenters. The van der Waals surface area contributed by atoms with Crippen molar-refractivity contribution in [3.05, 3.63) is 12.2 Å². The molecule has 0 amide bonds. The molecule has 0 heterocycles. The molecular formula is C15H29F. The first-order valence-electron chi connectivity index (χ1n) is 6.36. The van der Waals surface area contributed by atoms with Gasteiger partial charge in [-0.15, -0.1) is 0 Å². The molecule has 1 unspecified atom stereocenters. The smallest absolute Gasteiger partial charge is 0.108 e. The fourth-order valence-electron chi connectivity index (χ4n) is 1.98. The maximum atomic E-state index is 13.7. The molecule has 0 fully saturated rings. The van der Waals surface area contributed by atoms with Crippen molar-refractivity contribution in [1.82, 2.24) is 0 Å². The van der Waals surface area contributed by atoms with Gasteiger partial charge in [0.1, 0.15) is 6.17 Å². The second-order valence-corrected chi connectivity index (χ2v) is 7.06. The van der Waals surface area contributed by atoms with E-state index in [4.69, 9.17) is 0 Å². The van der Waals surface area contributed by atoms with Gasteiger partial charge in [-0.1, -0.05) is 60.6 Å².